The molecule has 0 spiro atoms. The van der Waals surface area contributed by atoms with Crippen molar-refractivity contribution >= 4 is 11.4 Å². The molecule has 0 aliphatic carbocycles. The van der Waals surface area contributed by atoms with Gasteiger partial charge in [-0.05, 0) is 47.9 Å². The van der Waals surface area contributed by atoms with Gasteiger partial charge in [0.2, 0.25) is 11.4 Å². The molecule has 0 amide bonds. The lowest BCUT2D eigenvalue weighted by molar-refractivity contribution is -0.434. The number of para-hydroxylation sites is 1. The number of aryl methyl sites for hydroxylation is 1. The lowest BCUT2D eigenvalue weighted by atomic mass is 9.87. The molecule has 136 valence electrons. The van der Waals surface area contributed by atoms with Crippen LogP contribution in [0.15, 0.2) is 91.1 Å². The zero-order valence-corrected chi connectivity index (χ0v) is 16.3. The molecule has 0 radical (unpaired) electrons. The number of nitrogens with zero attached hydrogens (tertiary/aromatic N) is 2. The molecule has 0 saturated heterocycles. The van der Waals surface area contributed by atoms with Crippen LogP contribution >= 0.6 is 0 Å². The van der Waals surface area contributed by atoms with Gasteiger partial charge in [-0.25, -0.2) is 0 Å². The van der Waals surface area contributed by atoms with Gasteiger partial charge in [-0.15, -0.1) is 0 Å². The smallest absolute Gasteiger partial charge is 0.237 e. The third-order valence-electron chi connectivity index (χ3n) is 5.66. The van der Waals surface area contributed by atoms with Crippen molar-refractivity contribution in [2.45, 2.75) is 6.92 Å². The molecule has 0 fully saturated rings. The Morgan fingerprint density at radius 1 is 0.643 bits per heavy atom. The Morgan fingerprint density at radius 3 is 1.79 bits per heavy atom. The molecule has 5 rings (SSSR count). The van der Waals surface area contributed by atoms with E-state index in [2.05, 4.69) is 114 Å². The summed E-state index contributed by atoms with van der Waals surface area (Å²) in [7, 11) is 2.12. The van der Waals surface area contributed by atoms with Crippen molar-refractivity contribution in [2.75, 3.05) is 6.54 Å². The molecule has 0 saturated carbocycles. The quantitative estimate of drug-likeness (QED) is 0.393. The van der Waals surface area contributed by atoms with E-state index in [4.69, 9.17) is 0 Å². The molecule has 1 aromatic heterocycles. The molecule has 28 heavy (non-hydrogen) atoms. The number of hydrogen-bond donors (Lipinski definition) is 0. The van der Waals surface area contributed by atoms with Gasteiger partial charge >= 0.3 is 0 Å². The molecule has 2 nitrogen and oxygen atoms in total. The van der Waals surface area contributed by atoms with Crippen LogP contribution in [0.1, 0.15) is 18.2 Å². The fraction of sp³-hybridized carbons (Fsp3) is 0.115. The Morgan fingerprint density at radius 2 is 1.18 bits per heavy atom. The summed E-state index contributed by atoms with van der Waals surface area (Å²) >= 11 is 0. The van der Waals surface area contributed by atoms with Crippen LogP contribution in [0, 0.1) is 0 Å². The Labute approximate surface area is 166 Å². The van der Waals surface area contributed by atoms with E-state index in [1.54, 1.807) is 0 Å². The average Bonchev–Trinajstić information content (AvgIpc) is 3.16. The van der Waals surface area contributed by atoms with Crippen molar-refractivity contribution in [1.82, 2.24) is 4.57 Å². The molecule has 1 aliphatic heterocycles. The first-order chi connectivity index (χ1) is 13.8. The molecule has 0 N–H and O–H groups in total. The molecule has 2 heterocycles. The molecular weight excluding hydrogens is 340 g/mol. The van der Waals surface area contributed by atoms with Crippen molar-refractivity contribution in [3.05, 3.63) is 102 Å². The van der Waals surface area contributed by atoms with E-state index in [1.165, 1.54) is 44.9 Å². The summed E-state index contributed by atoms with van der Waals surface area (Å²) in [5, 5.41) is 0. The van der Waals surface area contributed by atoms with Crippen LogP contribution in [0.2, 0.25) is 0 Å². The topological polar surface area (TPSA) is 7.94 Å². The highest BCUT2D eigenvalue weighted by Gasteiger charge is 2.30. The third-order valence-corrected chi connectivity index (χ3v) is 5.66. The van der Waals surface area contributed by atoms with Crippen LogP contribution in [0.4, 0.5) is 5.69 Å². The van der Waals surface area contributed by atoms with Crippen molar-refractivity contribution in [3.8, 4) is 22.3 Å². The molecule has 4 aromatic rings. The lowest BCUT2D eigenvalue weighted by Gasteiger charge is -2.20. The summed E-state index contributed by atoms with van der Waals surface area (Å²) in [5.74, 6) is 0. The van der Waals surface area contributed by atoms with Crippen LogP contribution in [0.5, 0.6) is 0 Å². The Balaban J connectivity index is 2.00. The van der Waals surface area contributed by atoms with Crippen molar-refractivity contribution in [1.29, 1.82) is 0 Å². The zero-order valence-electron chi connectivity index (χ0n) is 16.3. The first-order valence-corrected chi connectivity index (χ1v) is 9.84. The number of aromatic nitrogens is 1. The summed E-state index contributed by atoms with van der Waals surface area (Å²) in [5.41, 5.74) is 10.1. The summed E-state index contributed by atoms with van der Waals surface area (Å²) in [6.07, 6.45) is 2.12. The number of rotatable bonds is 2. The van der Waals surface area contributed by atoms with E-state index >= 15 is 0 Å². The summed E-state index contributed by atoms with van der Waals surface area (Å²) in [4.78, 5) is 0. The van der Waals surface area contributed by atoms with Crippen LogP contribution in [-0.2, 0) is 7.05 Å². The van der Waals surface area contributed by atoms with Crippen LogP contribution < -0.4 is 0 Å². The predicted octanol–water partition coefficient (Wildman–Crippen LogP) is 5.87. The van der Waals surface area contributed by atoms with Gasteiger partial charge in [-0.2, -0.15) is 4.58 Å². The van der Waals surface area contributed by atoms with E-state index in [9.17, 15) is 0 Å². The lowest BCUT2D eigenvalue weighted by Crippen LogP contribution is -2.24. The Kier molecular flexibility index (Phi) is 3.98. The maximum atomic E-state index is 2.46. The molecule has 0 bridgehead atoms. The standard InChI is InChI=1S/C26H23N2/c1-3-28-24-16-9-8-14-22(24)20-12-5-4-11-19(20)21-13-6-7-15-23(21)26(28)25-17-10-18-27(25)2/h4-18H,3H2,1-2H3/q+1. The second kappa shape index (κ2) is 6.65. The fourth-order valence-corrected chi connectivity index (χ4v) is 4.39. The van der Waals surface area contributed by atoms with Crippen LogP contribution in [-0.4, -0.2) is 21.4 Å². The van der Waals surface area contributed by atoms with Crippen LogP contribution in [0.25, 0.3) is 22.3 Å². The maximum absolute atomic E-state index is 2.46. The largest absolute Gasteiger partial charge is 0.346 e. The van der Waals surface area contributed by atoms with Gasteiger partial charge in [0.05, 0.1) is 11.1 Å². The molecule has 0 atom stereocenters. The minimum absolute atomic E-state index is 0.897. The molecular formula is C26H23N2+. The van der Waals surface area contributed by atoms with Gasteiger partial charge in [-0.3, -0.25) is 0 Å². The number of fused-ring (bicyclic) bond motifs is 5. The Bertz CT molecular complexity index is 1210. The van der Waals surface area contributed by atoms with E-state index in [1.807, 2.05) is 0 Å². The van der Waals surface area contributed by atoms with Crippen LogP contribution in [0.3, 0.4) is 0 Å². The number of benzene rings is 3. The monoisotopic (exact) mass is 363 g/mol. The highest BCUT2D eigenvalue weighted by Crippen LogP contribution is 2.41. The first-order valence-electron chi connectivity index (χ1n) is 9.84. The van der Waals surface area contributed by atoms with Gasteiger partial charge in [0.15, 0.2) is 0 Å². The van der Waals surface area contributed by atoms with E-state index in [-0.39, 0.29) is 0 Å². The molecule has 1 aliphatic rings. The molecule has 2 heteroatoms. The zero-order chi connectivity index (χ0) is 19.1. The highest BCUT2D eigenvalue weighted by molar-refractivity contribution is 6.14. The second-order valence-corrected chi connectivity index (χ2v) is 7.21. The van der Waals surface area contributed by atoms with Gasteiger partial charge in [0.25, 0.3) is 0 Å². The second-order valence-electron chi connectivity index (χ2n) is 7.21. The van der Waals surface area contributed by atoms with Gasteiger partial charge in [0.1, 0.15) is 12.2 Å². The summed E-state index contributed by atoms with van der Waals surface area (Å²) < 4.78 is 4.67. The minimum Gasteiger partial charge on any atom is -0.346 e. The summed E-state index contributed by atoms with van der Waals surface area (Å²) in [6.45, 7) is 3.13. The SMILES string of the molecule is CC[N+]1=C(c2cccn2C)c2ccccc2-c2ccccc2-c2ccccc21. The fourth-order valence-electron chi connectivity index (χ4n) is 4.39. The normalized spacial score (nSPS) is 12.6. The maximum Gasteiger partial charge on any atom is 0.237 e. The number of hydrogen-bond acceptors (Lipinski definition) is 0. The average molecular weight is 363 g/mol. The molecule has 3 aromatic carbocycles. The molecule has 0 unspecified atom stereocenters. The van der Waals surface area contributed by atoms with E-state index in [0.29, 0.717) is 0 Å². The minimum atomic E-state index is 0.897. The van der Waals surface area contributed by atoms with Gasteiger partial charge in [0, 0.05) is 19.3 Å². The predicted molar refractivity (Wildman–Crippen MR) is 116 cm³/mol. The Hall–Kier alpha value is -3.39. The van der Waals surface area contributed by atoms with Gasteiger partial charge < -0.3 is 4.57 Å². The van der Waals surface area contributed by atoms with E-state index < -0.39 is 0 Å². The van der Waals surface area contributed by atoms with Crippen molar-refractivity contribution in [3.63, 3.8) is 0 Å². The summed E-state index contributed by atoms with van der Waals surface area (Å²) in [6, 6.07) is 30.7. The van der Waals surface area contributed by atoms with E-state index in [0.717, 1.165) is 6.54 Å². The third kappa shape index (κ3) is 2.45. The van der Waals surface area contributed by atoms with Crippen molar-refractivity contribution < 1.29 is 4.58 Å². The first kappa shape index (κ1) is 16.8. The highest BCUT2D eigenvalue weighted by atomic mass is 15.1. The van der Waals surface area contributed by atoms with Gasteiger partial charge in [-0.1, -0.05) is 54.6 Å². The van der Waals surface area contributed by atoms with Crippen molar-refractivity contribution in [2.24, 2.45) is 7.05 Å².